The first-order valence-electron chi connectivity index (χ1n) is 10.0. The number of aliphatic hydroxyl groups excluding tert-OH is 4. The number of phenols is 3. The highest BCUT2D eigenvalue weighted by Gasteiger charge is 2.45. The van der Waals surface area contributed by atoms with Gasteiger partial charge in [-0.1, -0.05) is 0 Å². The Kier molecular flexibility index (Phi) is 6.25. The molecule has 0 aliphatic carbocycles. The Morgan fingerprint density at radius 3 is 2.26 bits per heavy atom. The van der Waals surface area contributed by atoms with E-state index in [1.54, 1.807) is 0 Å². The number of fused-ring (bicyclic) bond motifs is 1. The fourth-order valence-electron chi connectivity index (χ4n) is 3.68. The molecule has 182 valence electrons. The van der Waals surface area contributed by atoms with Gasteiger partial charge in [-0.25, -0.2) is 0 Å². The lowest BCUT2D eigenvalue weighted by molar-refractivity contribution is -0.277. The molecule has 12 heteroatoms. The summed E-state index contributed by atoms with van der Waals surface area (Å²) in [5, 5.41) is 69.6. The summed E-state index contributed by atoms with van der Waals surface area (Å²) in [6, 6.07) is 6.45. The molecule has 1 fully saturated rings. The highest BCUT2D eigenvalue weighted by Crippen LogP contribution is 2.43. The number of hydrogen-bond acceptors (Lipinski definition) is 12. The van der Waals surface area contributed by atoms with Crippen LogP contribution in [-0.4, -0.2) is 80.2 Å². The van der Waals surface area contributed by atoms with Crippen molar-refractivity contribution in [1.29, 1.82) is 0 Å². The summed E-state index contributed by atoms with van der Waals surface area (Å²) in [6.07, 6.45) is -8.29. The van der Waals surface area contributed by atoms with Crippen LogP contribution in [0.1, 0.15) is 0 Å². The third-order valence-corrected chi connectivity index (χ3v) is 5.47. The second kappa shape index (κ2) is 9.00. The van der Waals surface area contributed by atoms with E-state index in [1.165, 1.54) is 31.4 Å². The molecule has 0 amide bonds. The molecule has 1 saturated heterocycles. The summed E-state index contributed by atoms with van der Waals surface area (Å²) in [5.74, 6) is -2.50. The molecular formula is C22H22O12. The molecule has 1 aromatic heterocycles. The third-order valence-electron chi connectivity index (χ3n) is 5.47. The first kappa shape index (κ1) is 23.6. The quantitative estimate of drug-likeness (QED) is 0.254. The molecular weight excluding hydrogens is 456 g/mol. The van der Waals surface area contributed by atoms with Gasteiger partial charge in [-0.2, -0.15) is 0 Å². The predicted octanol–water partition coefficient (Wildman–Crippen LogP) is -0.236. The van der Waals surface area contributed by atoms with E-state index in [9.17, 15) is 40.5 Å². The zero-order valence-electron chi connectivity index (χ0n) is 17.7. The van der Waals surface area contributed by atoms with Crippen LogP contribution in [0.5, 0.6) is 28.7 Å². The van der Waals surface area contributed by atoms with Gasteiger partial charge in [0.05, 0.1) is 13.7 Å². The van der Waals surface area contributed by atoms with E-state index in [2.05, 4.69) is 0 Å². The Hall–Kier alpha value is -3.55. The summed E-state index contributed by atoms with van der Waals surface area (Å²) >= 11 is 0. The van der Waals surface area contributed by atoms with Gasteiger partial charge in [0.2, 0.25) is 23.2 Å². The van der Waals surface area contributed by atoms with Gasteiger partial charge in [0.15, 0.2) is 17.3 Å². The van der Waals surface area contributed by atoms with Gasteiger partial charge in [0.25, 0.3) is 0 Å². The largest absolute Gasteiger partial charge is 0.508 e. The first-order chi connectivity index (χ1) is 16.2. The van der Waals surface area contributed by atoms with Crippen LogP contribution in [0.4, 0.5) is 0 Å². The molecule has 1 aliphatic rings. The molecule has 3 aromatic rings. The number of methoxy groups -OCH3 is 1. The van der Waals surface area contributed by atoms with Crippen LogP contribution in [-0.2, 0) is 4.74 Å². The predicted molar refractivity (Wildman–Crippen MR) is 114 cm³/mol. The summed E-state index contributed by atoms with van der Waals surface area (Å²) in [6.45, 7) is -0.723. The molecule has 0 spiro atoms. The lowest BCUT2D eigenvalue weighted by Crippen LogP contribution is -2.60. The maximum Gasteiger partial charge on any atom is 0.239 e. The molecule has 0 saturated carbocycles. The number of aliphatic hydroxyl groups is 4. The van der Waals surface area contributed by atoms with E-state index in [-0.39, 0.29) is 22.7 Å². The van der Waals surface area contributed by atoms with Gasteiger partial charge in [0, 0.05) is 11.6 Å². The maximum absolute atomic E-state index is 13.4. The second-order valence-electron chi connectivity index (χ2n) is 7.60. The van der Waals surface area contributed by atoms with Gasteiger partial charge in [-0.15, -0.1) is 0 Å². The summed E-state index contributed by atoms with van der Waals surface area (Å²) < 4.78 is 21.6. The van der Waals surface area contributed by atoms with Crippen LogP contribution in [0.25, 0.3) is 22.3 Å². The smallest absolute Gasteiger partial charge is 0.239 e. The molecule has 12 nitrogen and oxygen atoms in total. The number of rotatable bonds is 5. The Labute approximate surface area is 191 Å². The Balaban J connectivity index is 1.93. The third kappa shape index (κ3) is 3.87. The zero-order chi connectivity index (χ0) is 24.7. The Morgan fingerprint density at radius 1 is 0.971 bits per heavy atom. The minimum absolute atomic E-state index is 0.0803. The van der Waals surface area contributed by atoms with Gasteiger partial charge >= 0.3 is 0 Å². The lowest BCUT2D eigenvalue weighted by Gasteiger charge is -2.39. The SMILES string of the molecule is COc1c(O)cc2oc(-c3ccc(O)cc3)c(O[C@@H]3O[C@H](CO)[C@H](O)[C@@H](O)[C@H]3O)c(=O)c2c1O. The van der Waals surface area contributed by atoms with Gasteiger partial charge in [-0.05, 0) is 24.3 Å². The molecule has 4 rings (SSSR count). The summed E-state index contributed by atoms with van der Waals surface area (Å²) in [7, 11) is 1.17. The number of ether oxygens (including phenoxy) is 3. The molecule has 0 bridgehead atoms. The topological polar surface area (TPSA) is 200 Å². The second-order valence-corrected chi connectivity index (χ2v) is 7.60. The molecule has 0 radical (unpaired) electrons. The van der Waals surface area contributed by atoms with Crippen molar-refractivity contribution < 1.29 is 54.4 Å². The fraction of sp³-hybridized carbons (Fsp3) is 0.318. The molecule has 7 N–H and O–H groups in total. The first-order valence-corrected chi connectivity index (χ1v) is 10.0. The highest BCUT2D eigenvalue weighted by molar-refractivity contribution is 5.91. The Morgan fingerprint density at radius 2 is 1.65 bits per heavy atom. The molecule has 2 aromatic carbocycles. The normalized spacial score (nSPS) is 24.8. The van der Waals surface area contributed by atoms with Gasteiger partial charge in [0.1, 0.15) is 41.1 Å². The van der Waals surface area contributed by atoms with E-state index in [1.807, 2.05) is 0 Å². The molecule has 0 unspecified atom stereocenters. The minimum atomic E-state index is -1.83. The van der Waals surface area contributed by atoms with Crippen LogP contribution in [0, 0.1) is 0 Å². The van der Waals surface area contributed by atoms with Crippen LogP contribution in [0.15, 0.2) is 39.5 Å². The van der Waals surface area contributed by atoms with E-state index in [4.69, 9.17) is 18.6 Å². The van der Waals surface area contributed by atoms with Crippen LogP contribution in [0.3, 0.4) is 0 Å². The van der Waals surface area contributed by atoms with Crippen molar-refractivity contribution in [3.63, 3.8) is 0 Å². The van der Waals surface area contributed by atoms with E-state index in [0.29, 0.717) is 0 Å². The molecule has 34 heavy (non-hydrogen) atoms. The number of phenolic OH excluding ortho intramolecular Hbond substituents is 3. The van der Waals surface area contributed by atoms with Gasteiger partial charge < -0.3 is 54.4 Å². The van der Waals surface area contributed by atoms with Crippen LogP contribution >= 0.6 is 0 Å². The monoisotopic (exact) mass is 478 g/mol. The lowest BCUT2D eigenvalue weighted by atomic mass is 9.99. The van der Waals surface area contributed by atoms with Crippen molar-refractivity contribution in [2.24, 2.45) is 0 Å². The maximum atomic E-state index is 13.4. The fourth-order valence-corrected chi connectivity index (χ4v) is 3.68. The van der Waals surface area contributed by atoms with Crippen LogP contribution in [0.2, 0.25) is 0 Å². The van der Waals surface area contributed by atoms with Crippen molar-refractivity contribution in [3.8, 4) is 40.1 Å². The van der Waals surface area contributed by atoms with Crippen molar-refractivity contribution in [3.05, 3.63) is 40.6 Å². The Bertz CT molecular complexity index is 1250. The number of benzene rings is 2. The average Bonchev–Trinajstić information content (AvgIpc) is 2.81. The summed E-state index contributed by atoms with van der Waals surface area (Å²) in [4.78, 5) is 13.4. The van der Waals surface area contributed by atoms with Crippen LogP contribution < -0.4 is 14.9 Å². The summed E-state index contributed by atoms with van der Waals surface area (Å²) in [5.41, 5.74) is -0.951. The zero-order valence-corrected chi connectivity index (χ0v) is 17.7. The van der Waals surface area contributed by atoms with E-state index >= 15 is 0 Å². The van der Waals surface area contributed by atoms with Crippen molar-refractivity contribution >= 4 is 11.0 Å². The number of hydrogen-bond donors (Lipinski definition) is 7. The standard InChI is InChI=1S/C22H22O12/c1-31-20-10(25)6-11-13(15(20)27)16(28)21(19(32-11)8-2-4-9(24)5-3-8)34-22-18(30)17(29)14(26)12(7-23)33-22/h2-6,12,14,17-18,22-27,29-30H,7H2,1H3/t12-,14+,17-,18-,22+/m1/s1. The van der Waals surface area contributed by atoms with E-state index < -0.39 is 71.1 Å². The van der Waals surface area contributed by atoms with Crippen molar-refractivity contribution in [2.75, 3.05) is 13.7 Å². The molecule has 5 atom stereocenters. The molecule has 2 heterocycles. The average molecular weight is 478 g/mol. The minimum Gasteiger partial charge on any atom is -0.508 e. The highest BCUT2D eigenvalue weighted by atomic mass is 16.7. The number of aromatic hydroxyl groups is 3. The van der Waals surface area contributed by atoms with Crippen molar-refractivity contribution in [1.82, 2.24) is 0 Å². The van der Waals surface area contributed by atoms with Gasteiger partial charge in [-0.3, -0.25) is 4.79 Å². The van der Waals surface area contributed by atoms with Crippen molar-refractivity contribution in [2.45, 2.75) is 30.7 Å². The van der Waals surface area contributed by atoms with E-state index in [0.717, 1.165) is 6.07 Å². The molecule has 1 aliphatic heterocycles.